The molecule has 0 saturated carbocycles. The van der Waals surface area contributed by atoms with Gasteiger partial charge in [0, 0.05) is 27.5 Å². The molecule has 2 aromatic rings. The van der Waals surface area contributed by atoms with Gasteiger partial charge in [-0.05, 0) is 26.7 Å². The highest BCUT2D eigenvalue weighted by Crippen LogP contribution is 2.43. The molecule has 118 valence electrons. The van der Waals surface area contributed by atoms with Crippen LogP contribution in [0.1, 0.15) is 25.0 Å². The summed E-state index contributed by atoms with van der Waals surface area (Å²) in [5, 5.41) is 1.86. The van der Waals surface area contributed by atoms with Crippen LogP contribution < -0.4 is 9.47 Å². The molecular weight excluding hydrogens is 288 g/mol. The first-order chi connectivity index (χ1) is 11.0. The van der Waals surface area contributed by atoms with Gasteiger partial charge in [-0.1, -0.05) is 42.5 Å². The number of rotatable bonds is 3. The number of carbonyl (C=O) groups is 1. The highest BCUT2D eigenvalue weighted by molar-refractivity contribution is 5.99. The molecule has 0 saturated heterocycles. The molecule has 0 fully saturated rings. The second-order valence-corrected chi connectivity index (χ2v) is 5.97. The van der Waals surface area contributed by atoms with Crippen molar-refractivity contribution in [2.24, 2.45) is 0 Å². The maximum atomic E-state index is 12.1. The van der Waals surface area contributed by atoms with Gasteiger partial charge >= 0.3 is 5.97 Å². The third kappa shape index (κ3) is 2.63. The average Bonchev–Trinajstić information content (AvgIpc) is 2.54. The van der Waals surface area contributed by atoms with E-state index in [9.17, 15) is 4.79 Å². The minimum atomic E-state index is -0.394. The second-order valence-electron chi connectivity index (χ2n) is 5.97. The monoisotopic (exact) mass is 308 g/mol. The van der Waals surface area contributed by atoms with Crippen LogP contribution in [0.2, 0.25) is 0 Å². The second kappa shape index (κ2) is 5.92. The molecule has 0 unspecified atom stereocenters. The topological polar surface area (TPSA) is 35.5 Å². The molecule has 3 nitrogen and oxygen atoms in total. The zero-order valence-corrected chi connectivity index (χ0v) is 13.7. The number of esters is 1. The van der Waals surface area contributed by atoms with Crippen molar-refractivity contribution < 1.29 is 14.3 Å². The van der Waals surface area contributed by atoms with Crippen LogP contribution in [-0.4, -0.2) is 13.1 Å². The molecule has 0 radical (unpaired) electrons. The van der Waals surface area contributed by atoms with Crippen molar-refractivity contribution in [2.75, 3.05) is 7.11 Å². The summed E-state index contributed by atoms with van der Waals surface area (Å²) in [5.74, 6) is 1.11. The van der Waals surface area contributed by atoms with Crippen molar-refractivity contribution in [3.63, 3.8) is 0 Å². The Labute approximate surface area is 136 Å². The van der Waals surface area contributed by atoms with Crippen LogP contribution >= 0.6 is 0 Å². The van der Waals surface area contributed by atoms with Gasteiger partial charge in [-0.2, -0.15) is 0 Å². The molecule has 3 heteroatoms. The Hall–Kier alpha value is -2.55. The van der Waals surface area contributed by atoms with Crippen molar-refractivity contribution in [3.8, 4) is 11.5 Å². The fraction of sp³-hybridized carbons (Fsp3) is 0.250. The molecule has 3 rings (SSSR count). The van der Waals surface area contributed by atoms with Gasteiger partial charge in [0.1, 0.15) is 11.5 Å². The van der Waals surface area contributed by atoms with E-state index < -0.39 is 5.97 Å². The van der Waals surface area contributed by atoms with E-state index in [4.69, 9.17) is 9.47 Å². The number of fused-ring (bicyclic) bond motifs is 2. The maximum Gasteiger partial charge on any atom is 0.338 e. The molecule has 0 atom stereocenters. The fourth-order valence-electron chi connectivity index (χ4n) is 3.04. The number of allylic oxidation sites excluding steroid dienone is 2. The maximum absolute atomic E-state index is 12.1. The van der Waals surface area contributed by atoms with Gasteiger partial charge in [0.25, 0.3) is 0 Å². The summed E-state index contributed by atoms with van der Waals surface area (Å²) in [6.07, 6.45) is 3.74. The summed E-state index contributed by atoms with van der Waals surface area (Å²) in [7, 11) is 1.69. The van der Waals surface area contributed by atoms with E-state index in [2.05, 4.69) is 19.6 Å². The molecule has 0 aliphatic heterocycles. The van der Waals surface area contributed by atoms with Gasteiger partial charge in [-0.25, -0.2) is 4.79 Å². The third-order valence-corrected chi connectivity index (χ3v) is 4.19. The molecule has 1 aliphatic rings. The SMILES string of the molecule is C=C(C)C(=O)Oc1c2c(c(OC)c3ccccc13)CC=C(C)C2. The molecule has 0 N–H and O–H groups in total. The summed E-state index contributed by atoms with van der Waals surface area (Å²) < 4.78 is 11.4. The number of ether oxygens (including phenoxy) is 2. The number of hydrogen-bond acceptors (Lipinski definition) is 3. The van der Waals surface area contributed by atoms with Crippen LogP contribution in [0.3, 0.4) is 0 Å². The smallest absolute Gasteiger partial charge is 0.338 e. The Morgan fingerprint density at radius 1 is 1.13 bits per heavy atom. The Kier molecular flexibility index (Phi) is 3.95. The molecule has 2 aromatic carbocycles. The lowest BCUT2D eigenvalue weighted by molar-refractivity contribution is -0.130. The quantitative estimate of drug-likeness (QED) is 0.365. The first-order valence-corrected chi connectivity index (χ1v) is 7.66. The number of hydrogen-bond donors (Lipinski definition) is 0. The van der Waals surface area contributed by atoms with Crippen LogP contribution in [0.25, 0.3) is 10.8 Å². The Bertz CT molecular complexity index is 844. The van der Waals surface area contributed by atoms with Crippen LogP contribution in [0.15, 0.2) is 48.1 Å². The lowest BCUT2D eigenvalue weighted by atomic mass is 9.87. The zero-order chi connectivity index (χ0) is 16.6. The van der Waals surface area contributed by atoms with Crippen LogP contribution in [-0.2, 0) is 17.6 Å². The normalized spacial score (nSPS) is 13.3. The summed E-state index contributed by atoms with van der Waals surface area (Å²) in [6, 6.07) is 7.87. The molecule has 0 amide bonds. The van der Waals surface area contributed by atoms with E-state index in [0.29, 0.717) is 11.3 Å². The first kappa shape index (κ1) is 15.3. The summed E-state index contributed by atoms with van der Waals surface area (Å²) in [4.78, 5) is 12.1. The molecule has 23 heavy (non-hydrogen) atoms. The number of benzene rings is 2. The van der Waals surface area contributed by atoms with Gasteiger partial charge in [-0.3, -0.25) is 0 Å². The van der Waals surface area contributed by atoms with Crippen molar-refractivity contribution in [1.29, 1.82) is 0 Å². The zero-order valence-electron chi connectivity index (χ0n) is 13.7. The van der Waals surface area contributed by atoms with E-state index in [1.807, 2.05) is 24.3 Å². The minimum Gasteiger partial charge on any atom is -0.496 e. The summed E-state index contributed by atoms with van der Waals surface area (Å²) >= 11 is 0. The van der Waals surface area contributed by atoms with Crippen LogP contribution in [0.4, 0.5) is 0 Å². The Morgan fingerprint density at radius 3 is 2.39 bits per heavy atom. The number of methoxy groups -OCH3 is 1. The molecule has 0 aromatic heterocycles. The van der Waals surface area contributed by atoms with Crippen molar-refractivity contribution in [3.05, 3.63) is 59.2 Å². The third-order valence-electron chi connectivity index (χ3n) is 4.19. The molecule has 0 spiro atoms. The molecule has 0 heterocycles. The van der Waals surface area contributed by atoms with Crippen LogP contribution in [0.5, 0.6) is 11.5 Å². The van der Waals surface area contributed by atoms with E-state index >= 15 is 0 Å². The molecule has 1 aliphatic carbocycles. The van der Waals surface area contributed by atoms with Gasteiger partial charge < -0.3 is 9.47 Å². The predicted octanol–water partition coefficient (Wildman–Crippen LogP) is 4.37. The van der Waals surface area contributed by atoms with Crippen LogP contribution in [0, 0.1) is 0 Å². The average molecular weight is 308 g/mol. The van der Waals surface area contributed by atoms with Crippen molar-refractivity contribution in [1.82, 2.24) is 0 Å². The Morgan fingerprint density at radius 2 is 1.78 bits per heavy atom. The van der Waals surface area contributed by atoms with E-state index in [1.165, 1.54) is 5.57 Å². The van der Waals surface area contributed by atoms with Gasteiger partial charge in [0.05, 0.1) is 7.11 Å². The fourth-order valence-corrected chi connectivity index (χ4v) is 3.04. The van der Waals surface area contributed by atoms with Gasteiger partial charge in [-0.15, -0.1) is 0 Å². The van der Waals surface area contributed by atoms with E-state index in [1.54, 1.807) is 14.0 Å². The summed E-state index contributed by atoms with van der Waals surface area (Å²) in [6.45, 7) is 7.43. The standard InChI is InChI=1S/C20H20O3/c1-12(2)20(21)23-19-15-8-6-5-7-14(15)18(22-4)16-10-9-13(3)11-17(16)19/h5-9H,1,10-11H2,2-4H3. The molecular formula is C20H20O3. The lowest BCUT2D eigenvalue weighted by Gasteiger charge is -2.23. The summed E-state index contributed by atoms with van der Waals surface area (Å²) in [5.41, 5.74) is 3.79. The van der Waals surface area contributed by atoms with E-state index in [-0.39, 0.29) is 0 Å². The largest absolute Gasteiger partial charge is 0.496 e. The highest BCUT2D eigenvalue weighted by atomic mass is 16.5. The van der Waals surface area contributed by atoms with Crippen molar-refractivity contribution in [2.45, 2.75) is 26.7 Å². The number of carbonyl (C=O) groups excluding carboxylic acids is 1. The predicted molar refractivity (Wildman–Crippen MR) is 92.1 cm³/mol. The molecule has 0 bridgehead atoms. The minimum absolute atomic E-state index is 0.390. The first-order valence-electron chi connectivity index (χ1n) is 7.66. The van der Waals surface area contributed by atoms with Gasteiger partial charge in [0.2, 0.25) is 0 Å². The van der Waals surface area contributed by atoms with Gasteiger partial charge in [0.15, 0.2) is 0 Å². The highest BCUT2D eigenvalue weighted by Gasteiger charge is 2.24. The lowest BCUT2D eigenvalue weighted by Crippen LogP contribution is -2.13. The van der Waals surface area contributed by atoms with E-state index in [0.717, 1.165) is 40.5 Å². The Balaban J connectivity index is 2.31. The van der Waals surface area contributed by atoms with Crippen molar-refractivity contribution >= 4 is 16.7 Å².